The Kier molecular flexibility index (Phi) is 8.72. The monoisotopic (exact) mass is 607 g/mol. The van der Waals surface area contributed by atoms with Crippen LogP contribution in [0, 0.1) is 0 Å². The number of aromatic nitrogens is 3. The highest BCUT2D eigenvalue weighted by Crippen LogP contribution is 2.41. The van der Waals surface area contributed by atoms with E-state index in [4.69, 9.17) is 4.98 Å². The number of aromatic carboxylic acids is 1. The van der Waals surface area contributed by atoms with Crippen molar-refractivity contribution in [1.29, 1.82) is 0 Å². The van der Waals surface area contributed by atoms with Gasteiger partial charge in [-0.2, -0.15) is 5.10 Å². The standard InChI is InChI=1S/C36H41N5O4/c1-4-23-20-26(13-14-27(23)24-16-18-40(19-17-24)35(43)22(3)42)38-31-15-12-25-8-6-9-28(34(25)31)30-10-7-11-33(39-30)41-32(5-2)29(21-37-41)36(44)45/h6-11,13-14,20-22,24,31,38,42H,4-5,12,15-19H2,1-3H3,(H,44,45). The van der Waals surface area contributed by atoms with E-state index in [1.807, 2.05) is 25.1 Å². The molecule has 1 amide bonds. The molecule has 0 saturated carbocycles. The number of likely N-dealkylation sites (tertiary alicyclic amines) is 1. The predicted molar refractivity (Wildman–Crippen MR) is 174 cm³/mol. The number of nitrogens with one attached hydrogen (secondary N) is 1. The molecule has 1 saturated heterocycles. The van der Waals surface area contributed by atoms with Crippen LogP contribution in [-0.2, 0) is 24.1 Å². The Labute approximate surface area is 263 Å². The Morgan fingerprint density at radius 1 is 1.02 bits per heavy atom. The number of hydrogen-bond donors (Lipinski definition) is 3. The van der Waals surface area contributed by atoms with Crippen LogP contribution >= 0.6 is 0 Å². The zero-order chi connectivity index (χ0) is 31.7. The van der Waals surface area contributed by atoms with Crippen molar-refractivity contribution in [2.24, 2.45) is 0 Å². The maximum Gasteiger partial charge on any atom is 0.339 e. The van der Waals surface area contributed by atoms with Crippen LogP contribution in [0.2, 0.25) is 0 Å². The van der Waals surface area contributed by atoms with E-state index in [2.05, 4.69) is 53.7 Å². The third-order valence-electron chi connectivity index (χ3n) is 9.38. The van der Waals surface area contributed by atoms with Gasteiger partial charge >= 0.3 is 5.97 Å². The van der Waals surface area contributed by atoms with Gasteiger partial charge in [-0.15, -0.1) is 0 Å². The number of rotatable bonds is 9. The lowest BCUT2D eigenvalue weighted by Gasteiger charge is -2.34. The summed E-state index contributed by atoms with van der Waals surface area (Å²) in [5.74, 6) is -0.167. The van der Waals surface area contributed by atoms with Crippen molar-refractivity contribution in [3.05, 3.63) is 94.3 Å². The maximum absolute atomic E-state index is 12.2. The molecule has 1 aliphatic heterocycles. The molecular formula is C36H41N5O4. The van der Waals surface area contributed by atoms with Crippen LogP contribution in [0.25, 0.3) is 17.1 Å². The van der Waals surface area contributed by atoms with E-state index < -0.39 is 12.1 Å². The number of anilines is 1. The number of carbonyl (C=O) groups is 2. The number of benzene rings is 2. The first-order chi connectivity index (χ1) is 21.8. The van der Waals surface area contributed by atoms with Crippen LogP contribution < -0.4 is 5.32 Å². The van der Waals surface area contributed by atoms with Gasteiger partial charge in [-0.25, -0.2) is 14.5 Å². The summed E-state index contributed by atoms with van der Waals surface area (Å²) >= 11 is 0. The molecule has 3 heterocycles. The largest absolute Gasteiger partial charge is 0.478 e. The zero-order valence-electron chi connectivity index (χ0n) is 26.2. The molecule has 2 unspecified atom stereocenters. The summed E-state index contributed by atoms with van der Waals surface area (Å²) in [5, 5.41) is 27.5. The van der Waals surface area contributed by atoms with Crippen molar-refractivity contribution < 1.29 is 19.8 Å². The number of fused-ring (bicyclic) bond motifs is 1. The van der Waals surface area contributed by atoms with Crippen molar-refractivity contribution >= 4 is 17.6 Å². The van der Waals surface area contributed by atoms with Crippen molar-refractivity contribution in [2.45, 2.75) is 77.4 Å². The lowest BCUT2D eigenvalue weighted by molar-refractivity contribution is -0.140. The molecule has 0 radical (unpaired) electrons. The fourth-order valence-electron chi connectivity index (χ4n) is 7.11. The molecule has 0 spiro atoms. The molecule has 4 aromatic rings. The number of carbonyl (C=O) groups excluding carboxylic acids is 1. The molecule has 0 bridgehead atoms. The fourth-order valence-corrected chi connectivity index (χ4v) is 7.11. The second-order valence-corrected chi connectivity index (χ2v) is 12.1. The van der Waals surface area contributed by atoms with Crippen molar-refractivity contribution in [3.8, 4) is 17.1 Å². The van der Waals surface area contributed by atoms with Crippen LogP contribution in [0.1, 0.15) is 90.3 Å². The second kappa shape index (κ2) is 12.9. The quantitative estimate of drug-likeness (QED) is 0.215. The highest BCUT2D eigenvalue weighted by Gasteiger charge is 2.29. The van der Waals surface area contributed by atoms with Crippen molar-refractivity contribution in [1.82, 2.24) is 19.7 Å². The summed E-state index contributed by atoms with van der Waals surface area (Å²) in [5.41, 5.74) is 9.06. The third kappa shape index (κ3) is 5.96. The number of piperidine rings is 1. The highest BCUT2D eigenvalue weighted by molar-refractivity contribution is 5.88. The number of hydrogen-bond acceptors (Lipinski definition) is 6. The summed E-state index contributed by atoms with van der Waals surface area (Å²) in [4.78, 5) is 30.7. The Morgan fingerprint density at radius 2 is 1.80 bits per heavy atom. The van der Waals surface area contributed by atoms with E-state index in [1.165, 1.54) is 35.4 Å². The molecule has 45 heavy (non-hydrogen) atoms. The molecular weight excluding hydrogens is 566 g/mol. The Morgan fingerprint density at radius 3 is 2.51 bits per heavy atom. The molecule has 2 aromatic heterocycles. The van der Waals surface area contributed by atoms with Crippen LogP contribution in [-0.4, -0.2) is 60.9 Å². The van der Waals surface area contributed by atoms with E-state index in [-0.39, 0.29) is 17.5 Å². The second-order valence-electron chi connectivity index (χ2n) is 12.1. The van der Waals surface area contributed by atoms with E-state index in [1.54, 1.807) is 9.58 Å². The summed E-state index contributed by atoms with van der Waals surface area (Å²) in [6, 6.07) is 19.1. The number of amides is 1. The van der Waals surface area contributed by atoms with Crippen LogP contribution in [0.4, 0.5) is 5.69 Å². The SMILES string of the molecule is CCc1cc(NC2CCc3cccc(-c4cccc(-n5ncc(C(=O)O)c5CC)n4)c32)ccc1C1CCN(C(=O)C(C)O)CC1. The summed E-state index contributed by atoms with van der Waals surface area (Å²) in [6.07, 6.45) is 5.66. The molecule has 1 aliphatic carbocycles. The maximum atomic E-state index is 12.2. The molecule has 2 aliphatic rings. The molecule has 9 nitrogen and oxygen atoms in total. The lowest BCUT2D eigenvalue weighted by Crippen LogP contribution is -2.42. The van der Waals surface area contributed by atoms with E-state index in [0.29, 0.717) is 36.9 Å². The van der Waals surface area contributed by atoms with Gasteiger partial charge < -0.3 is 20.4 Å². The van der Waals surface area contributed by atoms with Gasteiger partial charge in [-0.05, 0) is 97.9 Å². The van der Waals surface area contributed by atoms with Gasteiger partial charge in [0, 0.05) is 24.3 Å². The number of pyridine rings is 1. The minimum atomic E-state index is -0.988. The van der Waals surface area contributed by atoms with Gasteiger partial charge in [0.2, 0.25) is 0 Å². The first-order valence-electron chi connectivity index (χ1n) is 16.0. The Bertz CT molecular complexity index is 1720. The van der Waals surface area contributed by atoms with Crippen molar-refractivity contribution in [2.75, 3.05) is 18.4 Å². The first-order valence-corrected chi connectivity index (χ1v) is 16.0. The number of aryl methyl sites for hydroxylation is 2. The first kappa shape index (κ1) is 30.5. The number of carboxylic acids is 1. The molecule has 2 atom stereocenters. The van der Waals surface area contributed by atoms with Gasteiger partial charge in [-0.1, -0.05) is 44.2 Å². The average Bonchev–Trinajstić information content (AvgIpc) is 3.69. The van der Waals surface area contributed by atoms with Gasteiger partial charge in [-0.3, -0.25) is 4.79 Å². The van der Waals surface area contributed by atoms with E-state index >= 15 is 0 Å². The number of aliphatic hydroxyl groups excluding tert-OH is 1. The highest BCUT2D eigenvalue weighted by atomic mass is 16.4. The molecule has 6 rings (SSSR count). The summed E-state index contributed by atoms with van der Waals surface area (Å²) < 4.78 is 1.63. The predicted octanol–water partition coefficient (Wildman–Crippen LogP) is 5.94. The molecule has 2 aromatic carbocycles. The van der Waals surface area contributed by atoms with Gasteiger partial charge in [0.1, 0.15) is 11.7 Å². The molecule has 234 valence electrons. The number of carboxylic acid groups (broad SMARTS) is 1. The zero-order valence-corrected chi connectivity index (χ0v) is 26.2. The normalized spacial score (nSPS) is 17.2. The van der Waals surface area contributed by atoms with Gasteiger partial charge in [0.05, 0.1) is 23.6 Å². The Balaban J connectivity index is 1.24. The summed E-state index contributed by atoms with van der Waals surface area (Å²) in [7, 11) is 0. The van der Waals surface area contributed by atoms with Gasteiger partial charge in [0.15, 0.2) is 5.82 Å². The minimum Gasteiger partial charge on any atom is -0.478 e. The van der Waals surface area contributed by atoms with Crippen LogP contribution in [0.3, 0.4) is 0 Å². The number of aliphatic hydroxyl groups is 1. The summed E-state index contributed by atoms with van der Waals surface area (Å²) in [6.45, 7) is 7.01. The topological polar surface area (TPSA) is 121 Å². The van der Waals surface area contributed by atoms with E-state index in [0.717, 1.165) is 49.0 Å². The number of nitrogens with zero attached hydrogens (tertiary/aromatic N) is 4. The Hall–Kier alpha value is -4.50. The third-order valence-corrected chi connectivity index (χ3v) is 9.38. The lowest BCUT2D eigenvalue weighted by atomic mass is 9.85. The molecule has 3 N–H and O–H groups in total. The van der Waals surface area contributed by atoms with Gasteiger partial charge in [0.25, 0.3) is 5.91 Å². The fraction of sp³-hybridized carbons (Fsp3) is 0.389. The average molecular weight is 608 g/mol. The van der Waals surface area contributed by atoms with Crippen LogP contribution in [0.15, 0.2) is 60.8 Å². The minimum absolute atomic E-state index is 0.126. The van der Waals surface area contributed by atoms with Crippen LogP contribution in [0.5, 0.6) is 0 Å². The smallest absolute Gasteiger partial charge is 0.339 e. The molecule has 9 heteroatoms. The van der Waals surface area contributed by atoms with Crippen molar-refractivity contribution in [3.63, 3.8) is 0 Å². The molecule has 1 fully saturated rings. The van der Waals surface area contributed by atoms with E-state index in [9.17, 15) is 19.8 Å².